The molecule has 0 saturated carbocycles. The number of benzene rings is 1. The van der Waals surface area contributed by atoms with Crippen molar-refractivity contribution in [2.24, 2.45) is 7.05 Å². The predicted molar refractivity (Wildman–Crippen MR) is 95.3 cm³/mol. The van der Waals surface area contributed by atoms with Crippen LogP contribution in [0.2, 0.25) is 0 Å². The molecule has 25 heavy (non-hydrogen) atoms. The largest absolute Gasteiger partial charge is 0.497 e. The highest BCUT2D eigenvalue weighted by Gasteiger charge is 2.06. The molecule has 2 aromatic heterocycles. The van der Waals surface area contributed by atoms with Gasteiger partial charge in [0.25, 0.3) is 0 Å². The Labute approximate surface area is 145 Å². The van der Waals surface area contributed by atoms with E-state index >= 15 is 0 Å². The molecular weight excluding hydrogens is 318 g/mol. The van der Waals surface area contributed by atoms with Crippen LogP contribution in [0.4, 0.5) is 10.5 Å². The van der Waals surface area contributed by atoms with Crippen molar-refractivity contribution in [1.29, 1.82) is 0 Å². The van der Waals surface area contributed by atoms with Crippen LogP contribution >= 0.6 is 0 Å². The Morgan fingerprint density at radius 1 is 1.24 bits per heavy atom. The number of pyridine rings is 1. The SMILES string of the molecule is COc1cccc(NC(=O)NCc2cncc(-c3ccnn3C)c2)c1. The summed E-state index contributed by atoms with van der Waals surface area (Å²) in [5, 5.41) is 9.75. The molecule has 7 heteroatoms. The summed E-state index contributed by atoms with van der Waals surface area (Å²) in [6.45, 7) is 0.370. The number of anilines is 1. The number of methoxy groups -OCH3 is 1. The maximum Gasteiger partial charge on any atom is 0.319 e. The van der Waals surface area contributed by atoms with Crippen molar-refractivity contribution in [3.63, 3.8) is 0 Å². The van der Waals surface area contributed by atoms with Crippen molar-refractivity contribution in [3.05, 3.63) is 60.6 Å². The molecule has 0 saturated heterocycles. The van der Waals surface area contributed by atoms with Crippen LogP contribution in [0.1, 0.15) is 5.56 Å². The van der Waals surface area contributed by atoms with Gasteiger partial charge < -0.3 is 15.4 Å². The van der Waals surface area contributed by atoms with Gasteiger partial charge in [0.05, 0.1) is 12.8 Å². The number of hydrogen-bond donors (Lipinski definition) is 2. The number of amides is 2. The maximum atomic E-state index is 12.1. The molecule has 0 unspecified atom stereocenters. The fourth-order valence-corrected chi connectivity index (χ4v) is 2.44. The molecule has 0 aliphatic carbocycles. The fraction of sp³-hybridized carbons (Fsp3) is 0.167. The van der Waals surface area contributed by atoms with E-state index in [0.29, 0.717) is 18.0 Å². The van der Waals surface area contributed by atoms with E-state index in [2.05, 4.69) is 20.7 Å². The van der Waals surface area contributed by atoms with Gasteiger partial charge in [0, 0.05) is 49.5 Å². The van der Waals surface area contributed by atoms with Gasteiger partial charge in [0.1, 0.15) is 5.75 Å². The van der Waals surface area contributed by atoms with Gasteiger partial charge in [-0.1, -0.05) is 6.07 Å². The molecule has 2 N–H and O–H groups in total. The first-order valence-electron chi connectivity index (χ1n) is 7.77. The lowest BCUT2D eigenvalue weighted by Gasteiger charge is -2.09. The second kappa shape index (κ2) is 7.48. The van der Waals surface area contributed by atoms with E-state index in [0.717, 1.165) is 16.8 Å². The van der Waals surface area contributed by atoms with Gasteiger partial charge >= 0.3 is 6.03 Å². The molecule has 1 aromatic carbocycles. The monoisotopic (exact) mass is 337 g/mol. The Bertz CT molecular complexity index is 875. The van der Waals surface area contributed by atoms with Gasteiger partial charge in [-0.2, -0.15) is 5.10 Å². The normalized spacial score (nSPS) is 10.3. The summed E-state index contributed by atoms with van der Waals surface area (Å²) >= 11 is 0. The molecule has 0 fully saturated rings. The second-order valence-electron chi connectivity index (χ2n) is 5.46. The highest BCUT2D eigenvalue weighted by Crippen LogP contribution is 2.18. The summed E-state index contributed by atoms with van der Waals surface area (Å²) in [6.07, 6.45) is 5.24. The zero-order valence-electron chi connectivity index (χ0n) is 14.1. The summed E-state index contributed by atoms with van der Waals surface area (Å²) in [6, 6.07) is 10.8. The van der Waals surface area contributed by atoms with Gasteiger partial charge in [-0.15, -0.1) is 0 Å². The number of hydrogen-bond acceptors (Lipinski definition) is 4. The van der Waals surface area contributed by atoms with Crippen LogP contribution in [0.5, 0.6) is 5.75 Å². The molecule has 2 amide bonds. The first-order valence-corrected chi connectivity index (χ1v) is 7.77. The molecule has 0 radical (unpaired) electrons. The highest BCUT2D eigenvalue weighted by atomic mass is 16.5. The van der Waals surface area contributed by atoms with Gasteiger partial charge in [-0.25, -0.2) is 4.79 Å². The number of nitrogens with one attached hydrogen (secondary N) is 2. The van der Waals surface area contributed by atoms with Gasteiger partial charge in [-0.05, 0) is 29.8 Å². The zero-order chi connectivity index (χ0) is 17.6. The summed E-state index contributed by atoms with van der Waals surface area (Å²) in [4.78, 5) is 16.3. The van der Waals surface area contributed by atoms with E-state index < -0.39 is 0 Å². The molecule has 0 aliphatic heterocycles. The van der Waals surface area contributed by atoms with E-state index in [1.807, 2.05) is 31.3 Å². The molecule has 0 spiro atoms. The Balaban J connectivity index is 1.61. The fourth-order valence-electron chi connectivity index (χ4n) is 2.44. The molecule has 2 heterocycles. The van der Waals surface area contributed by atoms with Crippen molar-refractivity contribution in [2.75, 3.05) is 12.4 Å². The van der Waals surface area contributed by atoms with E-state index in [4.69, 9.17) is 4.74 Å². The van der Waals surface area contributed by atoms with Crippen LogP contribution < -0.4 is 15.4 Å². The van der Waals surface area contributed by atoms with E-state index in [1.54, 1.807) is 42.5 Å². The van der Waals surface area contributed by atoms with Crippen molar-refractivity contribution in [2.45, 2.75) is 6.54 Å². The van der Waals surface area contributed by atoms with Crippen LogP contribution in [0.3, 0.4) is 0 Å². The van der Waals surface area contributed by atoms with Crippen molar-refractivity contribution in [3.8, 4) is 17.0 Å². The molecular formula is C18H19N5O2. The zero-order valence-corrected chi connectivity index (χ0v) is 14.1. The lowest BCUT2D eigenvalue weighted by atomic mass is 10.1. The molecule has 3 aromatic rings. The lowest BCUT2D eigenvalue weighted by Crippen LogP contribution is -2.28. The maximum absolute atomic E-state index is 12.1. The number of rotatable bonds is 5. The average molecular weight is 337 g/mol. The van der Waals surface area contributed by atoms with Crippen LogP contribution in [-0.2, 0) is 13.6 Å². The third-order valence-corrected chi connectivity index (χ3v) is 3.69. The van der Waals surface area contributed by atoms with Gasteiger partial charge in [0.15, 0.2) is 0 Å². The number of ether oxygens (including phenoxy) is 1. The van der Waals surface area contributed by atoms with E-state index in [-0.39, 0.29) is 6.03 Å². The summed E-state index contributed by atoms with van der Waals surface area (Å²) in [5.74, 6) is 0.686. The Hall–Kier alpha value is -3.35. The van der Waals surface area contributed by atoms with Crippen LogP contribution in [-0.4, -0.2) is 27.9 Å². The number of nitrogens with zero attached hydrogens (tertiary/aromatic N) is 3. The first-order chi connectivity index (χ1) is 12.2. The minimum Gasteiger partial charge on any atom is -0.497 e. The lowest BCUT2D eigenvalue weighted by molar-refractivity contribution is 0.251. The summed E-state index contributed by atoms with van der Waals surface area (Å²) < 4.78 is 6.92. The van der Waals surface area contributed by atoms with E-state index in [9.17, 15) is 4.79 Å². The summed E-state index contributed by atoms with van der Waals surface area (Å²) in [5.41, 5.74) is 3.49. The number of aryl methyl sites for hydroxylation is 1. The number of urea groups is 1. The van der Waals surface area contributed by atoms with Crippen molar-refractivity contribution in [1.82, 2.24) is 20.1 Å². The molecule has 3 rings (SSSR count). The number of carbonyl (C=O) groups is 1. The van der Waals surface area contributed by atoms with Crippen LogP contribution in [0, 0.1) is 0 Å². The first kappa shape index (κ1) is 16.5. The van der Waals surface area contributed by atoms with Crippen LogP contribution in [0.25, 0.3) is 11.3 Å². The Morgan fingerprint density at radius 2 is 2.12 bits per heavy atom. The minimum atomic E-state index is -0.292. The van der Waals surface area contributed by atoms with Crippen molar-refractivity contribution < 1.29 is 9.53 Å². The number of aromatic nitrogens is 3. The molecule has 0 bridgehead atoms. The highest BCUT2D eigenvalue weighted by molar-refractivity contribution is 5.89. The average Bonchev–Trinajstić information content (AvgIpc) is 3.06. The third-order valence-electron chi connectivity index (χ3n) is 3.69. The van der Waals surface area contributed by atoms with Crippen LogP contribution in [0.15, 0.2) is 55.0 Å². The minimum absolute atomic E-state index is 0.292. The Kier molecular flexibility index (Phi) is 4.94. The topological polar surface area (TPSA) is 81.1 Å². The quantitative estimate of drug-likeness (QED) is 0.750. The molecule has 0 atom stereocenters. The Morgan fingerprint density at radius 3 is 2.88 bits per heavy atom. The number of carbonyl (C=O) groups excluding carboxylic acids is 1. The van der Waals surface area contributed by atoms with Gasteiger partial charge in [-0.3, -0.25) is 9.67 Å². The summed E-state index contributed by atoms with van der Waals surface area (Å²) in [7, 11) is 3.46. The van der Waals surface area contributed by atoms with Crippen molar-refractivity contribution >= 4 is 11.7 Å². The third kappa shape index (κ3) is 4.14. The van der Waals surface area contributed by atoms with Gasteiger partial charge in [0.2, 0.25) is 0 Å². The van der Waals surface area contributed by atoms with E-state index in [1.165, 1.54) is 0 Å². The molecule has 7 nitrogen and oxygen atoms in total. The smallest absolute Gasteiger partial charge is 0.319 e. The molecule has 0 aliphatic rings. The second-order valence-corrected chi connectivity index (χ2v) is 5.46. The molecule has 128 valence electrons. The standard InChI is InChI=1S/C18H19N5O2/c1-23-17(6-7-21-23)14-8-13(10-19-12-14)11-20-18(24)22-15-4-3-5-16(9-15)25-2/h3-10,12H,11H2,1-2H3,(H2,20,22,24). The predicted octanol–water partition coefficient (Wildman–Crippen LogP) is 2.81.